The highest BCUT2D eigenvalue weighted by atomic mass is 16.6. The lowest BCUT2D eigenvalue weighted by molar-refractivity contribution is -0.155. The summed E-state index contributed by atoms with van der Waals surface area (Å²) >= 11 is 0. The molecule has 17 heteroatoms. The van der Waals surface area contributed by atoms with Crippen LogP contribution in [-0.4, -0.2) is 115 Å². The Kier molecular flexibility index (Phi) is 20.4. The molecule has 5 N–H and O–H groups in total. The molecule has 0 fully saturated rings. The molecule has 4 atom stereocenters. The Labute approximate surface area is 333 Å². The van der Waals surface area contributed by atoms with Crippen molar-refractivity contribution in [1.29, 1.82) is 0 Å². The molecule has 0 radical (unpaired) electrons. The third kappa shape index (κ3) is 16.0. The molecule has 0 aromatic heterocycles. The number of rotatable bonds is 25. The summed E-state index contributed by atoms with van der Waals surface area (Å²) in [6.07, 6.45) is -0.504. The van der Waals surface area contributed by atoms with Gasteiger partial charge in [0.05, 0.1) is 19.0 Å². The molecule has 17 nitrogen and oxygen atoms in total. The minimum atomic E-state index is -1.21. The number of carbonyl (C=O) groups is 8. The van der Waals surface area contributed by atoms with Crippen LogP contribution in [0.4, 0.5) is 10.5 Å². The second-order valence-corrected chi connectivity index (χ2v) is 13.8. The zero-order valence-corrected chi connectivity index (χ0v) is 33.4. The third-order valence-electron chi connectivity index (χ3n) is 8.99. The standard InChI is InChI=1S/C40H56N6O11/c1-7-8-20-46(38(56-6)27(4)36(51)44-32(39(53)54)21-28-12-10-9-11-13-28)34(50)19-18-31(48)22-42-37(52)35(26(2)3)45(5)40(55)57-24-29-14-16-30(17-15-29)43-33(49)23-41-25-47/h9-17,25-27,32,35,38H,7-8,18-24H2,1-6H3,(H,41,47)(H,42,52)(H,43,49)(H,44,51)(H,53,54). The molecule has 2 aromatic carbocycles. The smallest absolute Gasteiger partial charge is 0.410 e. The average molecular weight is 797 g/mol. The molecule has 0 aliphatic heterocycles. The Morgan fingerprint density at radius 1 is 0.877 bits per heavy atom. The number of unbranched alkanes of at least 4 members (excludes halogenated alkanes) is 1. The predicted octanol–water partition coefficient (Wildman–Crippen LogP) is 2.48. The Balaban J connectivity index is 1.96. The van der Waals surface area contributed by atoms with Crippen LogP contribution < -0.4 is 21.3 Å². The van der Waals surface area contributed by atoms with E-state index in [9.17, 15) is 43.5 Å². The van der Waals surface area contributed by atoms with E-state index in [1.165, 1.54) is 26.0 Å². The maximum atomic E-state index is 13.5. The number of nitrogens with zero attached hydrogens (tertiary/aromatic N) is 2. The molecule has 0 spiro atoms. The number of carbonyl (C=O) groups excluding carboxylic acids is 7. The quantitative estimate of drug-likeness (QED) is 0.0724. The molecule has 6 amide bonds. The van der Waals surface area contributed by atoms with Gasteiger partial charge in [-0.15, -0.1) is 0 Å². The molecule has 0 bridgehead atoms. The Morgan fingerprint density at radius 2 is 1.54 bits per heavy atom. The van der Waals surface area contributed by atoms with Crippen molar-refractivity contribution in [1.82, 2.24) is 25.8 Å². The molecule has 0 saturated carbocycles. The molecular formula is C40H56N6O11. The zero-order chi connectivity index (χ0) is 42.5. The fraction of sp³-hybridized carbons (Fsp3) is 0.500. The Morgan fingerprint density at radius 3 is 2.12 bits per heavy atom. The normalized spacial score (nSPS) is 12.9. The van der Waals surface area contributed by atoms with Crippen LogP contribution in [-0.2, 0) is 56.1 Å². The first-order chi connectivity index (χ1) is 27.1. The molecule has 0 heterocycles. The zero-order valence-electron chi connectivity index (χ0n) is 33.4. The first-order valence-electron chi connectivity index (χ1n) is 18.8. The maximum absolute atomic E-state index is 13.5. The summed E-state index contributed by atoms with van der Waals surface area (Å²) in [4.78, 5) is 102. The van der Waals surface area contributed by atoms with Crippen LogP contribution in [0.1, 0.15) is 64.5 Å². The van der Waals surface area contributed by atoms with Crippen molar-refractivity contribution >= 4 is 53.6 Å². The van der Waals surface area contributed by atoms with Crippen LogP contribution in [0.25, 0.3) is 0 Å². The molecule has 0 saturated heterocycles. The van der Waals surface area contributed by atoms with Gasteiger partial charge in [-0.3, -0.25) is 33.7 Å². The lowest BCUT2D eigenvalue weighted by atomic mass is 10.0. The lowest BCUT2D eigenvalue weighted by Crippen LogP contribution is -2.53. The van der Waals surface area contributed by atoms with E-state index in [4.69, 9.17) is 9.47 Å². The SMILES string of the molecule is CCCCN(C(=O)CCC(=O)CNC(=O)C(C(C)C)N(C)C(=O)OCc1ccc(NC(=O)CNC=O)cc1)C(OC)C(C)C(=O)NC(Cc1ccccc1)C(=O)O. The fourth-order valence-corrected chi connectivity index (χ4v) is 5.88. The van der Waals surface area contributed by atoms with E-state index in [0.717, 1.165) is 16.9 Å². The molecule has 57 heavy (non-hydrogen) atoms. The summed E-state index contributed by atoms with van der Waals surface area (Å²) in [7, 11) is 2.75. The van der Waals surface area contributed by atoms with Crippen molar-refractivity contribution in [2.75, 3.05) is 39.1 Å². The minimum Gasteiger partial charge on any atom is -0.480 e. The van der Waals surface area contributed by atoms with Gasteiger partial charge < -0.3 is 40.7 Å². The number of hydrogen-bond acceptors (Lipinski definition) is 10. The highest BCUT2D eigenvalue weighted by Gasteiger charge is 2.35. The summed E-state index contributed by atoms with van der Waals surface area (Å²) < 4.78 is 11.0. The van der Waals surface area contributed by atoms with E-state index in [1.807, 2.05) is 6.92 Å². The van der Waals surface area contributed by atoms with Gasteiger partial charge in [-0.1, -0.05) is 69.7 Å². The van der Waals surface area contributed by atoms with E-state index in [-0.39, 0.29) is 44.9 Å². The number of methoxy groups -OCH3 is 1. The number of likely N-dealkylation sites (N-methyl/N-ethyl adjacent to an activating group) is 1. The number of aliphatic carboxylic acids is 1. The van der Waals surface area contributed by atoms with Crippen molar-refractivity contribution in [3.05, 3.63) is 65.7 Å². The lowest BCUT2D eigenvalue weighted by Gasteiger charge is -2.34. The number of amides is 6. The largest absolute Gasteiger partial charge is 0.480 e. The van der Waals surface area contributed by atoms with E-state index in [0.29, 0.717) is 24.1 Å². The van der Waals surface area contributed by atoms with Gasteiger partial charge in [0.15, 0.2) is 5.78 Å². The number of benzene rings is 2. The first-order valence-corrected chi connectivity index (χ1v) is 18.8. The van der Waals surface area contributed by atoms with Crippen LogP contribution >= 0.6 is 0 Å². The summed E-state index contributed by atoms with van der Waals surface area (Å²) in [5, 5.41) is 19.8. The van der Waals surface area contributed by atoms with E-state index < -0.39 is 72.2 Å². The van der Waals surface area contributed by atoms with Crippen LogP contribution in [0.15, 0.2) is 54.6 Å². The highest BCUT2D eigenvalue weighted by Crippen LogP contribution is 2.18. The summed E-state index contributed by atoms with van der Waals surface area (Å²) in [5.41, 5.74) is 1.81. The number of Topliss-reactive ketones (excluding diaryl/α,β-unsaturated/α-hetero) is 1. The number of carboxylic acid groups (broad SMARTS) is 1. The van der Waals surface area contributed by atoms with Crippen LogP contribution in [0.2, 0.25) is 0 Å². The Hall–Kier alpha value is -5.84. The van der Waals surface area contributed by atoms with Gasteiger partial charge in [-0.2, -0.15) is 0 Å². The molecule has 2 aromatic rings. The molecular weight excluding hydrogens is 740 g/mol. The number of carboxylic acids is 1. The van der Waals surface area contributed by atoms with Gasteiger partial charge in [-0.05, 0) is 42.5 Å². The summed E-state index contributed by atoms with van der Waals surface area (Å²) in [6.45, 7) is 6.46. The van der Waals surface area contributed by atoms with Gasteiger partial charge in [-0.25, -0.2) is 9.59 Å². The van der Waals surface area contributed by atoms with Crippen LogP contribution in [0, 0.1) is 11.8 Å². The topological polar surface area (TPSA) is 230 Å². The van der Waals surface area contributed by atoms with E-state index >= 15 is 0 Å². The summed E-state index contributed by atoms with van der Waals surface area (Å²) in [6, 6.07) is 13.1. The van der Waals surface area contributed by atoms with Gasteiger partial charge in [0.1, 0.15) is 24.9 Å². The van der Waals surface area contributed by atoms with Crippen LogP contribution in [0.5, 0.6) is 0 Å². The second kappa shape index (κ2) is 24.6. The van der Waals surface area contributed by atoms with E-state index in [2.05, 4.69) is 21.3 Å². The minimum absolute atomic E-state index is 0.0613. The highest BCUT2D eigenvalue weighted by molar-refractivity contribution is 5.93. The number of ether oxygens (including phenoxy) is 2. The van der Waals surface area contributed by atoms with E-state index in [1.54, 1.807) is 68.4 Å². The van der Waals surface area contributed by atoms with Crippen molar-refractivity contribution in [2.45, 2.75) is 84.7 Å². The number of ketones is 1. The monoisotopic (exact) mass is 796 g/mol. The summed E-state index contributed by atoms with van der Waals surface area (Å²) in [5.74, 6) is -5.05. The van der Waals surface area contributed by atoms with Gasteiger partial charge in [0, 0.05) is 45.7 Å². The Bertz CT molecular complexity index is 1650. The van der Waals surface area contributed by atoms with Gasteiger partial charge >= 0.3 is 12.1 Å². The van der Waals surface area contributed by atoms with Gasteiger partial charge in [0.2, 0.25) is 30.0 Å². The second-order valence-electron chi connectivity index (χ2n) is 13.8. The first kappa shape index (κ1) is 47.3. The van der Waals surface area contributed by atoms with Crippen LogP contribution in [0.3, 0.4) is 0 Å². The molecule has 4 unspecified atom stereocenters. The number of anilines is 1. The molecule has 312 valence electrons. The third-order valence-corrected chi connectivity index (χ3v) is 8.99. The predicted molar refractivity (Wildman–Crippen MR) is 209 cm³/mol. The van der Waals surface area contributed by atoms with Crippen molar-refractivity contribution in [2.24, 2.45) is 11.8 Å². The van der Waals surface area contributed by atoms with Gasteiger partial charge in [0.25, 0.3) is 0 Å². The number of hydrogen-bond donors (Lipinski definition) is 5. The average Bonchev–Trinajstić information content (AvgIpc) is 3.19. The van der Waals surface area contributed by atoms with Crippen molar-refractivity contribution in [3.8, 4) is 0 Å². The maximum Gasteiger partial charge on any atom is 0.410 e. The molecule has 0 aliphatic rings. The molecule has 0 aliphatic carbocycles. The number of nitrogens with one attached hydrogen (secondary N) is 4. The van der Waals surface area contributed by atoms with Crippen molar-refractivity contribution < 1.29 is 52.9 Å². The molecule has 2 rings (SSSR count). The fourth-order valence-electron chi connectivity index (χ4n) is 5.88. The van der Waals surface area contributed by atoms with Crippen molar-refractivity contribution in [3.63, 3.8) is 0 Å².